The van der Waals surface area contributed by atoms with Crippen molar-refractivity contribution < 1.29 is 4.79 Å². The molecule has 2 aromatic carbocycles. The zero-order valence-electron chi connectivity index (χ0n) is 16.7. The van der Waals surface area contributed by atoms with Gasteiger partial charge in [0.05, 0.1) is 5.69 Å². The molecule has 2 N–H and O–H groups in total. The number of benzene rings is 2. The van der Waals surface area contributed by atoms with E-state index in [1.54, 1.807) is 23.7 Å². The number of thiazole rings is 1. The molecule has 156 valence electrons. The third-order valence-electron chi connectivity index (χ3n) is 4.68. The van der Waals surface area contributed by atoms with E-state index in [2.05, 4.69) is 20.6 Å². The molecule has 0 aliphatic heterocycles. The highest BCUT2D eigenvalue weighted by atomic mass is 35.5. The van der Waals surface area contributed by atoms with E-state index < -0.39 is 0 Å². The van der Waals surface area contributed by atoms with Gasteiger partial charge in [0.2, 0.25) is 5.91 Å². The molecule has 0 aliphatic carbocycles. The highest BCUT2D eigenvalue weighted by Gasteiger charge is 2.06. The Morgan fingerprint density at radius 2 is 1.65 bits per heavy atom. The number of nitrogens with zero attached hydrogens (tertiary/aromatic N) is 2. The number of hydrogen-bond donors (Lipinski definition) is 2. The average Bonchev–Trinajstić information content (AvgIpc) is 3.26. The molecule has 1 amide bonds. The molecule has 2 aromatic heterocycles. The predicted molar refractivity (Wildman–Crippen MR) is 128 cm³/mol. The van der Waals surface area contributed by atoms with Gasteiger partial charge >= 0.3 is 0 Å². The van der Waals surface area contributed by atoms with Gasteiger partial charge in [0.15, 0.2) is 5.13 Å². The van der Waals surface area contributed by atoms with Gasteiger partial charge in [-0.2, -0.15) is 0 Å². The van der Waals surface area contributed by atoms with Crippen molar-refractivity contribution in [2.45, 2.75) is 19.3 Å². The molecule has 4 aromatic rings. The molecule has 2 heterocycles. The van der Waals surface area contributed by atoms with Crippen molar-refractivity contribution in [1.82, 2.24) is 9.97 Å². The first-order valence-electron chi connectivity index (χ1n) is 9.93. The van der Waals surface area contributed by atoms with E-state index in [1.807, 2.05) is 66.0 Å². The molecule has 4 rings (SSSR count). The van der Waals surface area contributed by atoms with Crippen LogP contribution in [0, 0.1) is 0 Å². The molecule has 0 aliphatic rings. The second kappa shape index (κ2) is 10.2. The van der Waals surface area contributed by atoms with Crippen molar-refractivity contribution in [3.05, 3.63) is 89.0 Å². The number of hydrogen-bond acceptors (Lipinski definition) is 5. The van der Waals surface area contributed by atoms with Crippen LogP contribution < -0.4 is 10.6 Å². The number of amides is 1. The summed E-state index contributed by atoms with van der Waals surface area (Å²) in [4.78, 5) is 20.9. The van der Waals surface area contributed by atoms with Crippen LogP contribution in [0.1, 0.15) is 18.4 Å². The van der Waals surface area contributed by atoms with Crippen LogP contribution in [0.2, 0.25) is 5.02 Å². The summed E-state index contributed by atoms with van der Waals surface area (Å²) in [5.74, 6) is 0.0107. The lowest BCUT2D eigenvalue weighted by Gasteiger charge is -2.07. The smallest absolute Gasteiger partial charge is 0.224 e. The third kappa shape index (κ3) is 6.13. The van der Waals surface area contributed by atoms with E-state index >= 15 is 0 Å². The summed E-state index contributed by atoms with van der Waals surface area (Å²) in [5, 5.41) is 9.79. The lowest BCUT2D eigenvalue weighted by Crippen LogP contribution is -2.11. The SMILES string of the molecule is O=C(CCCc1ccc(Cl)cc1)Nc1ccc(Nc2nc(-c3ccncc3)cs2)cc1. The largest absolute Gasteiger partial charge is 0.332 e. The lowest BCUT2D eigenvalue weighted by atomic mass is 10.1. The van der Waals surface area contributed by atoms with Gasteiger partial charge in [-0.05, 0) is 66.9 Å². The Morgan fingerprint density at radius 1 is 0.935 bits per heavy atom. The molecule has 31 heavy (non-hydrogen) atoms. The fraction of sp³-hybridized carbons (Fsp3) is 0.125. The number of carbonyl (C=O) groups excluding carboxylic acids is 1. The quantitative estimate of drug-likeness (QED) is 0.320. The van der Waals surface area contributed by atoms with Crippen molar-refractivity contribution in [2.24, 2.45) is 0 Å². The van der Waals surface area contributed by atoms with Crippen molar-refractivity contribution in [3.8, 4) is 11.3 Å². The van der Waals surface area contributed by atoms with Gasteiger partial charge in [-0.15, -0.1) is 11.3 Å². The van der Waals surface area contributed by atoms with Crippen LogP contribution in [0.25, 0.3) is 11.3 Å². The van der Waals surface area contributed by atoms with Crippen LogP contribution in [0.15, 0.2) is 78.4 Å². The van der Waals surface area contributed by atoms with E-state index in [0.29, 0.717) is 6.42 Å². The Balaban J connectivity index is 1.26. The van der Waals surface area contributed by atoms with Crippen LogP contribution >= 0.6 is 22.9 Å². The number of carbonyl (C=O) groups is 1. The van der Waals surface area contributed by atoms with Gasteiger partial charge in [0, 0.05) is 46.2 Å². The maximum Gasteiger partial charge on any atom is 0.224 e. The van der Waals surface area contributed by atoms with E-state index in [0.717, 1.165) is 45.6 Å². The highest BCUT2D eigenvalue weighted by Crippen LogP contribution is 2.27. The molecular weight excluding hydrogens is 428 g/mol. The van der Waals surface area contributed by atoms with E-state index in [1.165, 1.54) is 5.56 Å². The minimum atomic E-state index is 0.0107. The number of anilines is 3. The van der Waals surface area contributed by atoms with Crippen LogP contribution in [0.3, 0.4) is 0 Å². The monoisotopic (exact) mass is 448 g/mol. The van der Waals surface area contributed by atoms with Gasteiger partial charge in [0.25, 0.3) is 0 Å². The molecule has 7 heteroatoms. The molecule has 0 fully saturated rings. The molecule has 0 radical (unpaired) electrons. The third-order valence-corrected chi connectivity index (χ3v) is 5.69. The first-order chi connectivity index (χ1) is 15.2. The van der Waals surface area contributed by atoms with Crippen LogP contribution in [0.4, 0.5) is 16.5 Å². The molecular formula is C24H21ClN4OS. The lowest BCUT2D eigenvalue weighted by molar-refractivity contribution is -0.116. The van der Waals surface area contributed by atoms with Gasteiger partial charge < -0.3 is 10.6 Å². The summed E-state index contributed by atoms with van der Waals surface area (Å²) >= 11 is 7.44. The van der Waals surface area contributed by atoms with Gasteiger partial charge in [-0.25, -0.2) is 4.98 Å². The van der Waals surface area contributed by atoms with Crippen LogP contribution in [0.5, 0.6) is 0 Å². The Bertz CT molecular complexity index is 1130. The Morgan fingerprint density at radius 3 is 2.39 bits per heavy atom. The second-order valence-electron chi connectivity index (χ2n) is 7.00. The standard InChI is InChI=1S/C24H21ClN4OS/c25-19-6-4-17(5-7-19)2-1-3-23(30)27-20-8-10-21(11-9-20)28-24-29-22(16-31-24)18-12-14-26-15-13-18/h4-16H,1-3H2,(H,27,30)(H,28,29). The summed E-state index contributed by atoms with van der Waals surface area (Å²) < 4.78 is 0. The summed E-state index contributed by atoms with van der Waals surface area (Å²) in [6.07, 6.45) is 5.62. The summed E-state index contributed by atoms with van der Waals surface area (Å²) in [6, 6.07) is 19.2. The Kier molecular flexibility index (Phi) is 6.92. The zero-order chi connectivity index (χ0) is 21.5. The number of nitrogens with one attached hydrogen (secondary N) is 2. The number of pyridine rings is 1. The summed E-state index contributed by atoms with van der Waals surface area (Å²) in [6.45, 7) is 0. The first kappa shape index (κ1) is 21.0. The minimum Gasteiger partial charge on any atom is -0.332 e. The molecule has 0 spiro atoms. The number of rotatable bonds is 8. The van der Waals surface area contributed by atoms with E-state index in [9.17, 15) is 4.79 Å². The number of aromatic nitrogens is 2. The topological polar surface area (TPSA) is 66.9 Å². The molecule has 0 saturated heterocycles. The summed E-state index contributed by atoms with van der Waals surface area (Å²) in [7, 11) is 0. The van der Waals surface area contributed by atoms with Crippen LogP contribution in [-0.2, 0) is 11.2 Å². The maximum absolute atomic E-state index is 12.2. The predicted octanol–water partition coefficient (Wildman–Crippen LogP) is 6.56. The Labute approximate surface area is 190 Å². The fourth-order valence-electron chi connectivity index (χ4n) is 3.07. The molecule has 0 bridgehead atoms. The average molecular weight is 449 g/mol. The second-order valence-corrected chi connectivity index (χ2v) is 8.30. The zero-order valence-corrected chi connectivity index (χ0v) is 18.3. The normalized spacial score (nSPS) is 10.6. The van der Waals surface area contributed by atoms with Crippen molar-refractivity contribution in [1.29, 1.82) is 0 Å². The Hall–Kier alpha value is -3.22. The summed E-state index contributed by atoms with van der Waals surface area (Å²) in [5.41, 5.74) is 4.82. The van der Waals surface area contributed by atoms with E-state index in [4.69, 9.17) is 11.6 Å². The highest BCUT2D eigenvalue weighted by molar-refractivity contribution is 7.14. The van der Waals surface area contributed by atoms with Crippen LogP contribution in [-0.4, -0.2) is 15.9 Å². The molecule has 0 saturated carbocycles. The van der Waals surface area contributed by atoms with Crippen molar-refractivity contribution in [3.63, 3.8) is 0 Å². The van der Waals surface area contributed by atoms with Crippen molar-refractivity contribution in [2.75, 3.05) is 10.6 Å². The number of aryl methyl sites for hydroxylation is 1. The minimum absolute atomic E-state index is 0.0107. The maximum atomic E-state index is 12.2. The number of halogens is 1. The van der Waals surface area contributed by atoms with Gasteiger partial charge in [-0.3, -0.25) is 9.78 Å². The molecule has 5 nitrogen and oxygen atoms in total. The fourth-order valence-corrected chi connectivity index (χ4v) is 3.94. The first-order valence-corrected chi connectivity index (χ1v) is 11.2. The van der Waals surface area contributed by atoms with Gasteiger partial charge in [0.1, 0.15) is 0 Å². The van der Waals surface area contributed by atoms with Gasteiger partial charge in [-0.1, -0.05) is 23.7 Å². The molecule has 0 unspecified atom stereocenters. The van der Waals surface area contributed by atoms with E-state index in [-0.39, 0.29) is 5.91 Å². The molecule has 0 atom stereocenters. The van der Waals surface area contributed by atoms with Crippen molar-refractivity contribution >= 4 is 45.4 Å².